The van der Waals surface area contributed by atoms with Gasteiger partial charge in [-0.05, 0) is 48.0 Å². The molecule has 1 amide bonds. The molecule has 7 heteroatoms. The van der Waals surface area contributed by atoms with Gasteiger partial charge in [-0.25, -0.2) is 4.79 Å². The Balaban J connectivity index is 1.71. The summed E-state index contributed by atoms with van der Waals surface area (Å²) in [5.74, 6) is -1.37. The van der Waals surface area contributed by atoms with Crippen molar-refractivity contribution in [3.8, 4) is 5.75 Å². The molecule has 3 rings (SSSR count). The van der Waals surface area contributed by atoms with Crippen LogP contribution in [-0.4, -0.2) is 23.6 Å². The van der Waals surface area contributed by atoms with Gasteiger partial charge in [-0.1, -0.05) is 59.6 Å². The van der Waals surface area contributed by atoms with Gasteiger partial charge in [0.2, 0.25) is 0 Å². The fraction of sp³-hybridized carbons (Fsp3) is 0.0435. The van der Waals surface area contributed by atoms with E-state index >= 15 is 0 Å². The van der Waals surface area contributed by atoms with Crippen LogP contribution in [0.25, 0.3) is 6.08 Å². The summed E-state index contributed by atoms with van der Waals surface area (Å²) in [6.07, 6.45) is 3.73. The Morgan fingerprint density at radius 2 is 1.73 bits per heavy atom. The molecule has 152 valence electrons. The number of amides is 1. The van der Waals surface area contributed by atoms with Gasteiger partial charge in [0.05, 0.1) is 21.8 Å². The van der Waals surface area contributed by atoms with Crippen LogP contribution in [0.2, 0.25) is 10.0 Å². The minimum Gasteiger partial charge on any atom is -0.490 e. The molecule has 0 unspecified atom stereocenters. The average Bonchev–Trinajstić information content (AvgIpc) is 2.72. The third-order valence-corrected chi connectivity index (χ3v) is 4.65. The van der Waals surface area contributed by atoms with Crippen LogP contribution in [0.5, 0.6) is 5.75 Å². The van der Waals surface area contributed by atoms with Gasteiger partial charge in [-0.15, -0.1) is 0 Å². The molecule has 0 saturated carbocycles. The predicted molar refractivity (Wildman–Crippen MR) is 119 cm³/mol. The number of halogens is 2. The number of anilines is 1. The second-order valence-electron chi connectivity index (χ2n) is 6.21. The van der Waals surface area contributed by atoms with E-state index < -0.39 is 11.9 Å². The Hall–Kier alpha value is -3.28. The molecule has 2 N–H and O–H groups in total. The van der Waals surface area contributed by atoms with Crippen LogP contribution in [0, 0.1) is 0 Å². The molecule has 3 aromatic carbocycles. The topological polar surface area (TPSA) is 75.6 Å². The first-order valence-electron chi connectivity index (χ1n) is 8.92. The molecule has 3 aromatic rings. The molecule has 0 aliphatic carbocycles. The molecule has 0 spiro atoms. The van der Waals surface area contributed by atoms with E-state index in [2.05, 4.69) is 5.32 Å². The number of hydrogen-bond donors (Lipinski definition) is 2. The maximum absolute atomic E-state index is 12.5. The van der Waals surface area contributed by atoms with Crippen molar-refractivity contribution in [1.29, 1.82) is 0 Å². The quantitative estimate of drug-likeness (QED) is 0.468. The lowest BCUT2D eigenvalue weighted by Crippen LogP contribution is -2.15. The van der Waals surface area contributed by atoms with Gasteiger partial charge >= 0.3 is 5.97 Å². The molecule has 0 bridgehead atoms. The molecule has 5 nitrogen and oxygen atoms in total. The largest absolute Gasteiger partial charge is 0.490 e. The minimum atomic E-state index is -1.20. The van der Waals surface area contributed by atoms with Crippen LogP contribution in [0.1, 0.15) is 26.3 Å². The van der Waals surface area contributed by atoms with Crippen LogP contribution >= 0.6 is 23.2 Å². The number of ether oxygens (including phenoxy) is 1. The molecule has 0 aliphatic rings. The van der Waals surface area contributed by atoms with E-state index in [1.165, 1.54) is 30.3 Å². The molecule has 0 aliphatic heterocycles. The van der Waals surface area contributed by atoms with Crippen LogP contribution in [0.3, 0.4) is 0 Å². The van der Waals surface area contributed by atoms with E-state index in [1.54, 1.807) is 6.07 Å². The molecule has 0 saturated heterocycles. The van der Waals surface area contributed by atoms with Crippen LogP contribution in [0.15, 0.2) is 72.8 Å². The van der Waals surface area contributed by atoms with Crippen molar-refractivity contribution >= 4 is 46.8 Å². The number of carboxylic acid groups (broad SMARTS) is 1. The maximum Gasteiger partial charge on any atom is 0.337 e. The molecule has 0 aromatic heterocycles. The van der Waals surface area contributed by atoms with Gasteiger partial charge in [0, 0.05) is 5.02 Å². The predicted octanol–water partition coefficient (Wildman–Crippen LogP) is 6.04. The highest BCUT2D eigenvalue weighted by Gasteiger charge is 2.17. The van der Waals surface area contributed by atoms with Crippen LogP contribution in [0.4, 0.5) is 5.69 Å². The van der Waals surface area contributed by atoms with Gasteiger partial charge in [0.25, 0.3) is 5.91 Å². The van der Waals surface area contributed by atoms with E-state index in [-0.39, 0.29) is 28.4 Å². The summed E-state index contributed by atoms with van der Waals surface area (Å²) in [4.78, 5) is 24.1. The van der Waals surface area contributed by atoms with Crippen molar-refractivity contribution in [2.75, 3.05) is 11.9 Å². The van der Waals surface area contributed by atoms with E-state index in [0.717, 1.165) is 5.56 Å². The number of carboxylic acids is 1. The smallest absolute Gasteiger partial charge is 0.337 e. The number of aromatic carboxylic acids is 1. The summed E-state index contributed by atoms with van der Waals surface area (Å²) in [6, 6.07) is 18.6. The lowest BCUT2D eigenvalue weighted by Gasteiger charge is -2.12. The fourth-order valence-corrected chi connectivity index (χ4v) is 3.15. The highest BCUT2D eigenvalue weighted by Crippen LogP contribution is 2.25. The number of benzene rings is 3. The van der Waals surface area contributed by atoms with Crippen molar-refractivity contribution in [2.45, 2.75) is 0 Å². The highest BCUT2D eigenvalue weighted by molar-refractivity contribution is 6.37. The molecule has 0 radical (unpaired) electrons. The normalized spacial score (nSPS) is 10.7. The number of nitrogens with one attached hydrogen (secondary N) is 1. The van der Waals surface area contributed by atoms with Gasteiger partial charge in [0.1, 0.15) is 12.4 Å². The van der Waals surface area contributed by atoms with E-state index in [1.807, 2.05) is 42.5 Å². The van der Waals surface area contributed by atoms with Crippen molar-refractivity contribution in [3.05, 3.63) is 99.5 Å². The standard InChI is InChI=1S/C23H17Cl2NO4/c24-16-8-10-18(20(25)13-16)22(27)26-21-11-9-17(14-19(21)23(28)29)30-12-4-7-15-5-2-1-3-6-15/h1-11,13-14H,12H2,(H,26,27)(H,28,29)/b7-4+. The number of rotatable bonds is 7. The minimum absolute atomic E-state index is 0.0991. The summed E-state index contributed by atoms with van der Waals surface area (Å²) in [6.45, 7) is 0.264. The lowest BCUT2D eigenvalue weighted by molar-refractivity contribution is 0.0697. The zero-order valence-corrected chi connectivity index (χ0v) is 17.2. The van der Waals surface area contributed by atoms with E-state index in [4.69, 9.17) is 27.9 Å². The Bertz CT molecular complexity index is 1100. The van der Waals surface area contributed by atoms with Crippen molar-refractivity contribution < 1.29 is 19.4 Å². The average molecular weight is 442 g/mol. The Morgan fingerprint density at radius 1 is 0.967 bits per heavy atom. The summed E-state index contributed by atoms with van der Waals surface area (Å²) in [5.41, 5.74) is 1.25. The molecular weight excluding hydrogens is 425 g/mol. The molecule has 30 heavy (non-hydrogen) atoms. The number of carbonyl (C=O) groups is 2. The first kappa shape index (κ1) is 21.4. The summed E-state index contributed by atoms with van der Waals surface area (Å²) in [7, 11) is 0. The fourth-order valence-electron chi connectivity index (χ4n) is 2.66. The molecule has 0 heterocycles. The Labute approximate surface area is 183 Å². The third-order valence-electron chi connectivity index (χ3n) is 4.10. The second-order valence-corrected chi connectivity index (χ2v) is 7.06. The first-order chi connectivity index (χ1) is 14.4. The third kappa shape index (κ3) is 5.63. The van der Waals surface area contributed by atoms with Crippen molar-refractivity contribution in [1.82, 2.24) is 0 Å². The summed E-state index contributed by atoms with van der Waals surface area (Å²) < 4.78 is 5.60. The van der Waals surface area contributed by atoms with Gasteiger partial charge in [0.15, 0.2) is 0 Å². The van der Waals surface area contributed by atoms with Crippen molar-refractivity contribution in [2.24, 2.45) is 0 Å². The van der Waals surface area contributed by atoms with Gasteiger partial charge < -0.3 is 15.2 Å². The highest BCUT2D eigenvalue weighted by atomic mass is 35.5. The van der Waals surface area contributed by atoms with E-state index in [0.29, 0.717) is 10.8 Å². The molecule has 0 fully saturated rings. The number of carbonyl (C=O) groups excluding carboxylic acids is 1. The SMILES string of the molecule is O=C(Nc1ccc(OC/C=C/c2ccccc2)cc1C(=O)O)c1ccc(Cl)cc1Cl. The monoisotopic (exact) mass is 441 g/mol. The lowest BCUT2D eigenvalue weighted by atomic mass is 10.1. The molecule has 0 atom stereocenters. The molecular formula is C23H17Cl2NO4. The van der Waals surface area contributed by atoms with Crippen LogP contribution in [-0.2, 0) is 0 Å². The van der Waals surface area contributed by atoms with E-state index in [9.17, 15) is 14.7 Å². The zero-order chi connectivity index (χ0) is 21.5. The maximum atomic E-state index is 12.5. The summed E-state index contributed by atoms with van der Waals surface area (Å²) >= 11 is 11.9. The zero-order valence-electron chi connectivity index (χ0n) is 15.6. The second kappa shape index (κ2) is 9.96. The van der Waals surface area contributed by atoms with Crippen LogP contribution < -0.4 is 10.1 Å². The number of hydrogen-bond acceptors (Lipinski definition) is 3. The summed E-state index contributed by atoms with van der Waals surface area (Å²) in [5, 5.41) is 12.7. The van der Waals surface area contributed by atoms with Crippen molar-refractivity contribution in [3.63, 3.8) is 0 Å². The first-order valence-corrected chi connectivity index (χ1v) is 9.68. The van der Waals surface area contributed by atoms with Gasteiger partial charge in [-0.3, -0.25) is 4.79 Å². The Morgan fingerprint density at radius 3 is 2.43 bits per heavy atom. The van der Waals surface area contributed by atoms with Gasteiger partial charge in [-0.2, -0.15) is 0 Å². The Kier molecular flexibility index (Phi) is 7.12.